The van der Waals surface area contributed by atoms with Crippen LogP contribution in [0.2, 0.25) is 0 Å². The van der Waals surface area contributed by atoms with Gasteiger partial charge in [-0.1, -0.05) is 11.2 Å². The van der Waals surface area contributed by atoms with Gasteiger partial charge >= 0.3 is 5.97 Å². The van der Waals surface area contributed by atoms with E-state index in [4.69, 9.17) is 14.4 Å². The Morgan fingerprint density at radius 2 is 2.16 bits per heavy atom. The first-order valence-electron chi connectivity index (χ1n) is 7.00. The fraction of sp³-hybridized carbons (Fsp3) is 0.133. The van der Waals surface area contributed by atoms with Crippen LogP contribution in [0.1, 0.15) is 21.8 Å². The lowest BCUT2D eigenvalue weighted by Gasteiger charge is -2.06. The van der Waals surface area contributed by atoms with Crippen molar-refractivity contribution < 1.29 is 22.5 Å². The average Bonchev–Trinajstić information content (AvgIpc) is 3.23. The Hall–Kier alpha value is -2.56. The molecule has 3 rings (SSSR count). The van der Waals surface area contributed by atoms with Crippen LogP contribution in [0.5, 0.6) is 0 Å². The van der Waals surface area contributed by atoms with E-state index in [-0.39, 0.29) is 23.0 Å². The summed E-state index contributed by atoms with van der Waals surface area (Å²) >= 11 is 1.50. The van der Waals surface area contributed by atoms with Gasteiger partial charge in [0.1, 0.15) is 0 Å². The van der Waals surface area contributed by atoms with Gasteiger partial charge in [0.15, 0.2) is 6.61 Å². The highest BCUT2D eigenvalue weighted by Crippen LogP contribution is 2.19. The Labute approximate surface area is 147 Å². The van der Waals surface area contributed by atoms with Gasteiger partial charge in [-0.25, -0.2) is 18.4 Å². The molecular weight excluding hydrogens is 366 g/mol. The predicted octanol–water partition coefficient (Wildman–Crippen LogP) is 2.11. The maximum absolute atomic E-state index is 12.1. The number of nitrogens with zero attached hydrogens (tertiary/aromatic N) is 2. The van der Waals surface area contributed by atoms with Gasteiger partial charge in [-0.2, -0.15) is 16.3 Å². The van der Waals surface area contributed by atoms with E-state index in [0.717, 1.165) is 5.56 Å². The molecule has 0 atom stereocenters. The molecule has 0 aliphatic carbocycles. The van der Waals surface area contributed by atoms with Crippen molar-refractivity contribution >= 4 is 27.3 Å². The Kier molecular flexibility index (Phi) is 4.66. The number of aromatic nitrogens is 2. The topological polar surface area (TPSA) is 125 Å². The minimum Gasteiger partial charge on any atom is -0.452 e. The van der Waals surface area contributed by atoms with E-state index < -0.39 is 16.0 Å². The van der Waals surface area contributed by atoms with Gasteiger partial charge in [-0.15, -0.1) is 0 Å². The first-order chi connectivity index (χ1) is 11.8. The number of hydrogen-bond acceptors (Lipinski definition) is 8. The third-order valence-electron chi connectivity index (χ3n) is 3.30. The van der Waals surface area contributed by atoms with Gasteiger partial charge in [0.05, 0.1) is 10.5 Å². The molecule has 0 radical (unpaired) electrons. The molecule has 0 saturated heterocycles. The van der Waals surface area contributed by atoms with E-state index in [2.05, 4.69) is 10.1 Å². The van der Waals surface area contributed by atoms with E-state index in [9.17, 15) is 13.2 Å². The third-order valence-corrected chi connectivity index (χ3v) is 5.04. The average molecular weight is 379 g/mol. The number of sulfonamides is 1. The number of ether oxygens (including phenoxy) is 1. The Balaban J connectivity index is 1.71. The van der Waals surface area contributed by atoms with Crippen LogP contribution in [0, 0.1) is 6.92 Å². The van der Waals surface area contributed by atoms with Gasteiger partial charge in [-0.05, 0) is 36.1 Å². The van der Waals surface area contributed by atoms with E-state index in [1.807, 2.05) is 16.8 Å². The van der Waals surface area contributed by atoms with Gasteiger partial charge in [0.2, 0.25) is 15.8 Å². The Bertz CT molecular complexity index is 1010. The molecule has 8 nitrogen and oxygen atoms in total. The fourth-order valence-corrected chi connectivity index (χ4v) is 3.51. The van der Waals surface area contributed by atoms with E-state index in [1.54, 1.807) is 6.92 Å². The molecule has 0 unspecified atom stereocenters. The molecule has 3 aromatic rings. The highest BCUT2D eigenvalue weighted by atomic mass is 32.2. The van der Waals surface area contributed by atoms with Crippen LogP contribution in [0.4, 0.5) is 0 Å². The zero-order valence-electron chi connectivity index (χ0n) is 13.0. The molecule has 0 spiro atoms. The maximum Gasteiger partial charge on any atom is 0.338 e. The van der Waals surface area contributed by atoms with Crippen molar-refractivity contribution in [2.45, 2.75) is 18.4 Å². The van der Waals surface area contributed by atoms with E-state index in [0.29, 0.717) is 11.4 Å². The summed E-state index contributed by atoms with van der Waals surface area (Å²) in [6.07, 6.45) is 0. The highest BCUT2D eigenvalue weighted by Gasteiger charge is 2.17. The number of hydrogen-bond donors (Lipinski definition) is 1. The number of thiophene rings is 1. The van der Waals surface area contributed by atoms with Crippen molar-refractivity contribution in [2.24, 2.45) is 5.14 Å². The van der Waals surface area contributed by atoms with Crippen molar-refractivity contribution in [1.29, 1.82) is 0 Å². The van der Waals surface area contributed by atoms with E-state index >= 15 is 0 Å². The molecule has 10 heteroatoms. The predicted molar refractivity (Wildman–Crippen MR) is 89.3 cm³/mol. The van der Waals surface area contributed by atoms with Gasteiger partial charge in [0, 0.05) is 10.9 Å². The van der Waals surface area contributed by atoms with Crippen LogP contribution in [-0.4, -0.2) is 24.5 Å². The van der Waals surface area contributed by atoms with Crippen LogP contribution < -0.4 is 5.14 Å². The smallest absolute Gasteiger partial charge is 0.338 e. The molecule has 2 heterocycles. The van der Waals surface area contributed by atoms with Crippen LogP contribution in [0.3, 0.4) is 0 Å². The minimum absolute atomic E-state index is 0.0622. The van der Waals surface area contributed by atoms with Gasteiger partial charge in [-0.3, -0.25) is 0 Å². The first-order valence-corrected chi connectivity index (χ1v) is 9.49. The lowest BCUT2D eigenvalue weighted by molar-refractivity contribution is 0.0429. The summed E-state index contributed by atoms with van der Waals surface area (Å²) in [5.41, 5.74) is 1.31. The Morgan fingerprint density at radius 1 is 1.36 bits per heavy atom. The quantitative estimate of drug-likeness (QED) is 0.673. The van der Waals surface area contributed by atoms with Crippen LogP contribution in [0.25, 0.3) is 11.4 Å². The summed E-state index contributed by atoms with van der Waals surface area (Å²) < 4.78 is 33.1. The number of carbonyl (C=O) groups excluding carboxylic acids is 1. The van der Waals surface area contributed by atoms with Gasteiger partial charge in [0.25, 0.3) is 5.89 Å². The van der Waals surface area contributed by atoms with Crippen molar-refractivity contribution in [3.63, 3.8) is 0 Å². The number of aryl methyl sites for hydroxylation is 1. The zero-order valence-corrected chi connectivity index (χ0v) is 14.6. The number of esters is 1. The minimum atomic E-state index is -3.93. The monoisotopic (exact) mass is 379 g/mol. The lowest BCUT2D eigenvalue weighted by atomic mass is 10.1. The molecule has 0 fully saturated rings. The Morgan fingerprint density at radius 3 is 2.84 bits per heavy atom. The second-order valence-electron chi connectivity index (χ2n) is 5.13. The molecular formula is C15H13N3O5S2. The summed E-state index contributed by atoms with van der Waals surface area (Å²) in [6.45, 7) is 1.35. The van der Waals surface area contributed by atoms with Crippen molar-refractivity contribution in [3.8, 4) is 11.4 Å². The largest absolute Gasteiger partial charge is 0.452 e. The number of benzene rings is 1. The second kappa shape index (κ2) is 6.75. The van der Waals surface area contributed by atoms with Gasteiger partial charge < -0.3 is 9.26 Å². The van der Waals surface area contributed by atoms with Crippen LogP contribution in [-0.2, 0) is 21.4 Å². The summed E-state index contributed by atoms with van der Waals surface area (Å²) in [6, 6.07) is 5.96. The first kappa shape index (κ1) is 17.3. The van der Waals surface area contributed by atoms with Crippen LogP contribution in [0.15, 0.2) is 44.4 Å². The zero-order chi connectivity index (χ0) is 18.0. The molecule has 130 valence electrons. The summed E-state index contributed by atoms with van der Waals surface area (Å²) in [7, 11) is -3.93. The number of primary sulfonamides is 1. The molecule has 0 aliphatic heterocycles. The van der Waals surface area contributed by atoms with Crippen molar-refractivity contribution in [3.05, 3.63) is 52.0 Å². The maximum atomic E-state index is 12.1. The number of rotatable bonds is 5. The molecule has 25 heavy (non-hydrogen) atoms. The summed E-state index contributed by atoms with van der Waals surface area (Å²) in [5, 5.41) is 12.7. The van der Waals surface area contributed by atoms with Crippen molar-refractivity contribution in [2.75, 3.05) is 0 Å². The summed E-state index contributed by atoms with van der Waals surface area (Å²) in [4.78, 5) is 16.1. The normalized spacial score (nSPS) is 11.4. The SMILES string of the molecule is Cc1ccc(C(=O)OCc2nc(-c3ccsc3)no2)cc1S(N)(=O)=O. The molecule has 2 aromatic heterocycles. The second-order valence-corrected chi connectivity index (χ2v) is 7.44. The number of carbonyl (C=O) groups is 1. The standard InChI is InChI=1S/C15H13N3O5S2/c1-9-2-3-10(6-12(9)25(16,20)21)15(19)22-7-13-17-14(18-23-13)11-4-5-24-8-11/h2-6,8H,7H2,1H3,(H2,16,20,21). The molecule has 2 N–H and O–H groups in total. The van der Waals surface area contributed by atoms with E-state index in [1.165, 1.54) is 29.5 Å². The summed E-state index contributed by atoms with van der Waals surface area (Å²) in [5.74, 6) is -0.187. The highest BCUT2D eigenvalue weighted by molar-refractivity contribution is 7.89. The number of nitrogens with two attached hydrogens (primary N) is 1. The lowest BCUT2D eigenvalue weighted by Crippen LogP contribution is -2.15. The molecule has 0 aliphatic rings. The molecule has 0 saturated carbocycles. The molecule has 0 amide bonds. The molecule has 1 aromatic carbocycles. The third kappa shape index (κ3) is 3.92. The van der Waals surface area contributed by atoms with Crippen LogP contribution >= 0.6 is 11.3 Å². The van der Waals surface area contributed by atoms with Crippen molar-refractivity contribution in [1.82, 2.24) is 10.1 Å². The fourth-order valence-electron chi connectivity index (χ4n) is 2.07. The molecule has 0 bridgehead atoms.